The number of hydrogen-bond donors (Lipinski definition) is 0. The van der Waals surface area contributed by atoms with Crippen LogP contribution in [0.5, 0.6) is 11.5 Å². The first-order valence-corrected chi connectivity index (χ1v) is 10.4. The van der Waals surface area contributed by atoms with E-state index in [1.807, 2.05) is 0 Å². The molecule has 10 nitrogen and oxygen atoms in total. The van der Waals surface area contributed by atoms with Gasteiger partial charge in [-0.05, 0) is 40.6 Å². The Balaban J connectivity index is 1.32. The summed E-state index contributed by atoms with van der Waals surface area (Å²) in [7, 11) is -3.78. The molecule has 150 valence electrons. The van der Waals surface area contributed by atoms with Gasteiger partial charge in [-0.15, -0.1) is 0 Å². The molecule has 29 heavy (non-hydrogen) atoms. The number of carbonyl (C=O) groups excluding carboxylic acids is 1. The number of sulfonamides is 1. The van der Waals surface area contributed by atoms with Crippen molar-refractivity contribution < 1.29 is 27.3 Å². The number of rotatable bonds is 3. The number of hydrogen-bond acceptors (Lipinski definition) is 8. The number of piperazine rings is 1. The van der Waals surface area contributed by atoms with Crippen LogP contribution in [0.4, 0.5) is 0 Å². The Morgan fingerprint density at radius 1 is 0.966 bits per heavy atom. The van der Waals surface area contributed by atoms with Crippen LogP contribution in [0, 0.1) is 0 Å². The van der Waals surface area contributed by atoms with Crippen LogP contribution >= 0.6 is 0 Å². The van der Waals surface area contributed by atoms with Gasteiger partial charge in [-0.3, -0.25) is 4.79 Å². The van der Waals surface area contributed by atoms with Gasteiger partial charge in [0.15, 0.2) is 17.0 Å². The summed E-state index contributed by atoms with van der Waals surface area (Å²) in [4.78, 5) is 14.5. The van der Waals surface area contributed by atoms with E-state index in [0.29, 0.717) is 22.6 Å². The molecule has 0 unspecified atom stereocenters. The second-order valence-corrected chi connectivity index (χ2v) is 8.56. The zero-order valence-electron chi connectivity index (χ0n) is 15.1. The quantitative estimate of drug-likeness (QED) is 0.623. The lowest BCUT2D eigenvalue weighted by Gasteiger charge is -2.34. The van der Waals surface area contributed by atoms with E-state index in [9.17, 15) is 13.2 Å². The molecule has 0 saturated carbocycles. The highest BCUT2D eigenvalue weighted by atomic mass is 32.2. The Morgan fingerprint density at radius 2 is 1.76 bits per heavy atom. The SMILES string of the molecule is O=C(c1ccc2c(c1)OCO2)N1CCN(S(=O)(=O)c2cccc3nonc23)CC1. The minimum absolute atomic E-state index is 0.0480. The third kappa shape index (κ3) is 2.98. The van der Waals surface area contributed by atoms with Crippen LogP contribution in [0.2, 0.25) is 0 Å². The van der Waals surface area contributed by atoms with Crippen LogP contribution in [-0.2, 0) is 10.0 Å². The standard InChI is InChI=1S/C18H16N4O6S/c23-18(12-4-5-14-15(10-12)27-11-26-14)21-6-8-22(9-7-21)29(24,25)16-3-1-2-13-17(16)20-28-19-13/h1-5,10H,6-9,11H2. The molecule has 0 N–H and O–H groups in total. The van der Waals surface area contributed by atoms with Gasteiger partial charge in [0, 0.05) is 31.7 Å². The van der Waals surface area contributed by atoms with Crippen LogP contribution in [0.1, 0.15) is 10.4 Å². The number of nitrogens with zero attached hydrogens (tertiary/aromatic N) is 4. The van der Waals surface area contributed by atoms with Crippen LogP contribution in [-0.4, -0.2) is 66.8 Å². The molecular weight excluding hydrogens is 400 g/mol. The third-order valence-corrected chi connectivity index (χ3v) is 6.94. The van der Waals surface area contributed by atoms with Gasteiger partial charge in [-0.1, -0.05) is 6.07 Å². The summed E-state index contributed by atoms with van der Waals surface area (Å²) < 4.78 is 42.7. The summed E-state index contributed by atoms with van der Waals surface area (Å²) in [6.07, 6.45) is 0. The number of fused-ring (bicyclic) bond motifs is 2. The summed E-state index contributed by atoms with van der Waals surface area (Å²) in [6.45, 7) is 1.05. The van der Waals surface area contributed by atoms with Crippen LogP contribution in [0.3, 0.4) is 0 Å². The molecule has 3 aromatic rings. The first kappa shape index (κ1) is 17.9. The fourth-order valence-electron chi connectivity index (χ4n) is 3.47. The molecule has 1 saturated heterocycles. The number of benzene rings is 2. The fourth-order valence-corrected chi connectivity index (χ4v) is 5.03. The smallest absolute Gasteiger partial charge is 0.254 e. The van der Waals surface area contributed by atoms with E-state index >= 15 is 0 Å². The van der Waals surface area contributed by atoms with Crippen molar-refractivity contribution in [2.75, 3.05) is 33.0 Å². The van der Waals surface area contributed by atoms with E-state index in [2.05, 4.69) is 14.9 Å². The zero-order chi connectivity index (χ0) is 20.0. The predicted octanol–water partition coefficient (Wildman–Crippen LogP) is 1.10. The number of aromatic nitrogens is 2. The largest absolute Gasteiger partial charge is 0.454 e. The van der Waals surface area contributed by atoms with Crippen molar-refractivity contribution in [1.82, 2.24) is 19.5 Å². The lowest BCUT2D eigenvalue weighted by atomic mass is 10.1. The monoisotopic (exact) mass is 416 g/mol. The number of carbonyl (C=O) groups is 1. The Labute approximate surface area is 165 Å². The summed E-state index contributed by atoms with van der Waals surface area (Å²) in [5.74, 6) is 0.962. The molecule has 1 aromatic heterocycles. The van der Waals surface area contributed by atoms with E-state index in [1.165, 1.54) is 10.4 Å². The normalized spacial score (nSPS) is 17.0. The van der Waals surface area contributed by atoms with Crippen molar-refractivity contribution in [1.29, 1.82) is 0 Å². The molecule has 0 bridgehead atoms. The zero-order valence-corrected chi connectivity index (χ0v) is 16.0. The van der Waals surface area contributed by atoms with Crippen LogP contribution in [0.25, 0.3) is 11.0 Å². The van der Waals surface area contributed by atoms with Gasteiger partial charge in [-0.2, -0.15) is 4.31 Å². The lowest BCUT2D eigenvalue weighted by molar-refractivity contribution is 0.0697. The molecule has 0 spiro atoms. The van der Waals surface area contributed by atoms with Gasteiger partial charge in [-0.25, -0.2) is 13.0 Å². The maximum atomic E-state index is 13.1. The second-order valence-electron chi connectivity index (χ2n) is 6.65. The highest BCUT2D eigenvalue weighted by Crippen LogP contribution is 2.33. The highest BCUT2D eigenvalue weighted by Gasteiger charge is 2.32. The number of ether oxygens (including phenoxy) is 2. The summed E-state index contributed by atoms with van der Waals surface area (Å²) in [5, 5.41) is 7.40. The lowest BCUT2D eigenvalue weighted by Crippen LogP contribution is -2.50. The predicted molar refractivity (Wildman–Crippen MR) is 99.0 cm³/mol. The Morgan fingerprint density at radius 3 is 2.59 bits per heavy atom. The van der Waals surface area contributed by atoms with Gasteiger partial charge >= 0.3 is 0 Å². The van der Waals surface area contributed by atoms with Gasteiger partial charge in [0.2, 0.25) is 16.8 Å². The van der Waals surface area contributed by atoms with Crippen molar-refractivity contribution in [3.05, 3.63) is 42.0 Å². The molecular formula is C18H16N4O6S. The number of amides is 1. The Bertz CT molecular complexity index is 1200. The van der Waals surface area contributed by atoms with E-state index in [0.717, 1.165) is 0 Å². The molecule has 1 fully saturated rings. The average Bonchev–Trinajstić information content (AvgIpc) is 3.41. The topological polar surface area (TPSA) is 115 Å². The first-order chi connectivity index (χ1) is 14.0. The van der Waals surface area contributed by atoms with Gasteiger partial charge in [0.1, 0.15) is 10.4 Å². The third-order valence-electron chi connectivity index (χ3n) is 5.01. The summed E-state index contributed by atoms with van der Waals surface area (Å²) in [5.41, 5.74) is 1.05. The minimum Gasteiger partial charge on any atom is -0.454 e. The average molecular weight is 416 g/mol. The summed E-state index contributed by atoms with van der Waals surface area (Å²) in [6, 6.07) is 9.73. The molecule has 2 aliphatic heterocycles. The summed E-state index contributed by atoms with van der Waals surface area (Å²) >= 11 is 0. The van der Waals surface area contributed by atoms with E-state index in [1.54, 1.807) is 35.2 Å². The van der Waals surface area contributed by atoms with Gasteiger partial charge in [0.05, 0.1) is 0 Å². The van der Waals surface area contributed by atoms with Crippen molar-refractivity contribution in [2.24, 2.45) is 0 Å². The van der Waals surface area contributed by atoms with Crippen LogP contribution in [0.15, 0.2) is 45.9 Å². The molecule has 2 aliphatic rings. The van der Waals surface area contributed by atoms with Crippen molar-refractivity contribution in [3.8, 4) is 11.5 Å². The molecule has 0 aliphatic carbocycles. The molecule has 2 aromatic carbocycles. The van der Waals surface area contributed by atoms with Gasteiger partial charge < -0.3 is 14.4 Å². The molecule has 5 rings (SSSR count). The van der Waals surface area contributed by atoms with Crippen molar-refractivity contribution in [3.63, 3.8) is 0 Å². The second kappa shape index (κ2) is 6.71. The first-order valence-electron chi connectivity index (χ1n) is 8.94. The molecule has 0 radical (unpaired) electrons. The van der Waals surface area contributed by atoms with Crippen LogP contribution < -0.4 is 9.47 Å². The molecule has 3 heterocycles. The molecule has 1 amide bonds. The van der Waals surface area contributed by atoms with Gasteiger partial charge in [0.25, 0.3) is 5.91 Å². The van der Waals surface area contributed by atoms with Crippen molar-refractivity contribution in [2.45, 2.75) is 4.90 Å². The molecule has 0 atom stereocenters. The maximum Gasteiger partial charge on any atom is 0.254 e. The maximum absolute atomic E-state index is 13.1. The highest BCUT2D eigenvalue weighted by molar-refractivity contribution is 7.89. The Hall–Kier alpha value is -3.18. The minimum atomic E-state index is -3.78. The van der Waals surface area contributed by atoms with E-state index in [4.69, 9.17) is 9.47 Å². The van der Waals surface area contributed by atoms with E-state index in [-0.39, 0.29) is 49.3 Å². The molecule has 11 heteroatoms. The fraction of sp³-hybridized carbons (Fsp3) is 0.278. The van der Waals surface area contributed by atoms with E-state index < -0.39 is 10.0 Å². The Kier molecular flexibility index (Phi) is 4.14. The van der Waals surface area contributed by atoms with Crippen molar-refractivity contribution >= 4 is 27.0 Å².